The molecule has 1 rings (SSSR count). The molecule has 0 aliphatic rings. The summed E-state index contributed by atoms with van der Waals surface area (Å²) in [6, 6.07) is 0. The van der Waals surface area contributed by atoms with Crippen molar-refractivity contribution in [2.24, 2.45) is 0 Å². The van der Waals surface area contributed by atoms with Crippen LogP contribution in [0.1, 0.15) is 13.3 Å². The average molecular weight is 274 g/mol. The lowest BCUT2D eigenvalue weighted by molar-refractivity contribution is -0.135. The molecule has 6 heteroatoms. The summed E-state index contributed by atoms with van der Waals surface area (Å²) in [5.41, 5.74) is 0. The summed E-state index contributed by atoms with van der Waals surface area (Å²) < 4.78 is 0.708. The molecule has 5 nitrogen and oxygen atoms in total. The molecule has 1 heterocycles. The summed E-state index contributed by atoms with van der Waals surface area (Å²) in [7, 11) is 0. The average Bonchev–Trinajstić information content (AvgIpc) is 2.17. The Hall–Kier alpha value is -1.17. The Morgan fingerprint density at radius 3 is 2.93 bits per heavy atom. The van der Waals surface area contributed by atoms with Gasteiger partial charge in [-0.2, -0.15) is 0 Å². The van der Waals surface area contributed by atoms with Crippen LogP contribution in [0.4, 0.5) is 5.82 Å². The zero-order valence-corrected chi connectivity index (χ0v) is 9.94. The maximum atomic E-state index is 10.7. The Bertz CT molecular complexity index is 346. The standard InChI is InChI=1S/C9H12BrN3O2/c1-2-3-13(5-8(14)15)9-7(10)4-11-6-12-9/h4,6H,2-3,5H2,1H3,(H,14,15). The summed E-state index contributed by atoms with van der Waals surface area (Å²) in [4.78, 5) is 20.3. The van der Waals surface area contributed by atoms with Crippen molar-refractivity contribution in [3.63, 3.8) is 0 Å². The summed E-state index contributed by atoms with van der Waals surface area (Å²) in [6.45, 7) is 2.59. The van der Waals surface area contributed by atoms with E-state index < -0.39 is 5.97 Å². The van der Waals surface area contributed by atoms with Crippen molar-refractivity contribution in [2.45, 2.75) is 13.3 Å². The van der Waals surface area contributed by atoms with E-state index in [1.807, 2.05) is 6.92 Å². The van der Waals surface area contributed by atoms with Crippen molar-refractivity contribution in [2.75, 3.05) is 18.0 Å². The number of halogens is 1. The van der Waals surface area contributed by atoms with Gasteiger partial charge in [0.1, 0.15) is 18.7 Å². The van der Waals surface area contributed by atoms with Gasteiger partial charge in [0.05, 0.1) is 4.47 Å². The van der Waals surface area contributed by atoms with Gasteiger partial charge in [0, 0.05) is 12.7 Å². The molecule has 0 bridgehead atoms. The Labute approximate surface area is 96.3 Å². The second kappa shape index (κ2) is 5.65. The molecular formula is C9H12BrN3O2. The topological polar surface area (TPSA) is 66.3 Å². The molecule has 0 aromatic carbocycles. The minimum Gasteiger partial charge on any atom is -0.480 e. The molecule has 0 saturated heterocycles. The highest BCUT2D eigenvalue weighted by molar-refractivity contribution is 9.10. The first-order chi connectivity index (χ1) is 7.15. The lowest BCUT2D eigenvalue weighted by Crippen LogP contribution is -2.31. The Morgan fingerprint density at radius 1 is 1.67 bits per heavy atom. The number of aromatic nitrogens is 2. The number of carbonyl (C=O) groups is 1. The predicted molar refractivity (Wildman–Crippen MR) is 59.9 cm³/mol. The van der Waals surface area contributed by atoms with E-state index in [1.165, 1.54) is 6.33 Å². The number of rotatable bonds is 5. The largest absolute Gasteiger partial charge is 0.480 e. The maximum Gasteiger partial charge on any atom is 0.323 e. The molecule has 1 N–H and O–H groups in total. The van der Waals surface area contributed by atoms with Gasteiger partial charge < -0.3 is 10.0 Å². The monoisotopic (exact) mass is 273 g/mol. The van der Waals surface area contributed by atoms with Crippen LogP contribution in [-0.2, 0) is 4.79 Å². The van der Waals surface area contributed by atoms with Crippen LogP contribution < -0.4 is 4.90 Å². The molecule has 1 aromatic rings. The van der Waals surface area contributed by atoms with Gasteiger partial charge in [0.25, 0.3) is 0 Å². The highest BCUT2D eigenvalue weighted by Gasteiger charge is 2.13. The molecule has 0 saturated carbocycles. The molecule has 0 fully saturated rings. The van der Waals surface area contributed by atoms with Crippen LogP contribution in [0.25, 0.3) is 0 Å². The summed E-state index contributed by atoms with van der Waals surface area (Å²) in [5.74, 6) is -0.247. The molecule has 0 unspecified atom stereocenters. The molecule has 1 aromatic heterocycles. The third kappa shape index (κ3) is 3.47. The van der Waals surface area contributed by atoms with Crippen molar-refractivity contribution in [3.05, 3.63) is 17.0 Å². The second-order valence-electron chi connectivity index (χ2n) is 3.01. The number of carboxylic acids is 1. The fourth-order valence-electron chi connectivity index (χ4n) is 1.23. The normalized spacial score (nSPS) is 10.0. The van der Waals surface area contributed by atoms with Crippen molar-refractivity contribution >= 4 is 27.7 Å². The fraction of sp³-hybridized carbons (Fsp3) is 0.444. The van der Waals surface area contributed by atoms with Gasteiger partial charge in [0.15, 0.2) is 0 Å². The first kappa shape index (κ1) is 11.9. The zero-order valence-electron chi connectivity index (χ0n) is 8.35. The highest BCUT2D eigenvalue weighted by atomic mass is 79.9. The van der Waals surface area contributed by atoms with Crippen molar-refractivity contribution in [3.8, 4) is 0 Å². The summed E-state index contributed by atoms with van der Waals surface area (Å²) in [5, 5.41) is 8.76. The number of anilines is 1. The number of aliphatic carboxylic acids is 1. The third-order valence-corrected chi connectivity index (χ3v) is 2.33. The quantitative estimate of drug-likeness (QED) is 0.882. The van der Waals surface area contributed by atoms with Crippen molar-refractivity contribution in [1.29, 1.82) is 0 Å². The molecule has 0 aliphatic carbocycles. The molecule has 0 amide bonds. The zero-order chi connectivity index (χ0) is 11.3. The molecule has 0 spiro atoms. The SMILES string of the molecule is CCCN(CC(=O)O)c1ncncc1Br. The second-order valence-corrected chi connectivity index (χ2v) is 3.86. The Balaban J connectivity index is 2.88. The van der Waals surface area contributed by atoms with Gasteiger partial charge in [-0.05, 0) is 22.4 Å². The van der Waals surface area contributed by atoms with Gasteiger partial charge in [-0.25, -0.2) is 9.97 Å². The van der Waals surface area contributed by atoms with Crippen molar-refractivity contribution in [1.82, 2.24) is 9.97 Å². The Morgan fingerprint density at radius 2 is 2.40 bits per heavy atom. The molecular weight excluding hydrogens is 262 g/mol. The summed E-state index contributed by atoms with van der Waals surface area (Å²) in [6.07, 6.45) is 3.88. The molecule has 0 aliphatic heterocycles. The van der Waals surface area contributed by atoms with Crippen LogP contribution in [0.15, 0.2) is 17.0 Å². The predicted octanol–water partition coefficient (Wildman–Crippen LogP) is 1.54. The van der Waals surface area contributed by atoms with Crippen LogP contribution in [0.2, 0.25) is 0 Å². The first-order valence-corrected chi connectivity index (χ1v) is 5.36. The van der Waals surface area contributed by atoms with E-state index in [0.29, 0.717) is 16.8 Å². The van der Waals surface area contributed by atoms with Crippen LogP contribution in [0.3, 0.4) is 0 Å². The van der Waals surface area contributed by atoms with Gasteiger partial charge in [0.2, 0.25) is 0 Å². The van der Waals surface area contributed by atoms with Gasteiger partial charge >= 0.3 is 5.97 Å². The van der Waals surface area contributed by atoms with E-state index in [4.69, 9.17) is 5.11 Å². The van der Waals surface area contributed by atoms with E-state index in [9.17, 15) is 4.79 Å². The summed E-state index contributed by atoms with van der Waals surface area (Å²) >= 11 is 3.30. The van der Waals surface area contributed by atoms with E-state index in [0.717, 1.165) is 6.42 Å². The van der Waals surface area contributed by atoms with Crippen LogP contribution in [-0.4, -0.2) is 34.1 Å². The van der Waals surface area contributed by atoms with Gasteiger partial charge in [-0.3, -0.25) is 4.79 Å². The number of hydrogen-bond donors (Lipinski definition) is 1. The molecule has 15 heavy (non-hydrogen) atoms. The fourth-order valence-corrected chi connectivity index (χ4v) is 1.70. The lowest BCUT2D eigenvalue weighted by atomic mass is 10.4. The highest BCUT2D eigenvalue weighted by Crippen LogP contribution is 2.21. The molecule has 0 radical (unpaired) electrons. The smallest absolute Gasteiger partial charge is 0.323 e. The Kier molecular flexibility index (Phi) is 4.48. The van der Waals surface area contributed by atoms with E-state index in [-0.39, 0.29) is 6.54 Å². The lowest BCUT2D eigenvalue weighted by Gasteiger charge is -2.21. The van der Waals surface area contributed by atoms with Gasteiger partial charge in [-0.1, -0.05) is 6.92 Å². The third-order valence-electron chi connectivity index (χ3n) is 1.77. The number of carboxylic acid groups (broad SMARTS) is 1. The van der Waals surface area contributed by atoms with Crippen LogP contribution in [0, 0.1) is 0 Å². The number of hydrogen-bond acceptors (Lipinski definition) is 4. The maximum absolute atomic E-state index is 10.7. The van der Waals surface area contributed by atoms with Crippen LogP contribution in [0.5, 0.6) is 0 Å². The molecule has 0 atom stereocenters. The van der Waals surface area contributed by atoms with E-state index >= 15 is 0 Å². The first-order valence-electron chi connectivity index (χ1n) is 4.57. The van der Waals surface area contributed by atoms with Crippen LogP contribution >= 0.6 is 15.9 Å². The van der Waals surface area contributed by atoms with E-state index in [2.05, 4.69) is 25.9 Å². The van der Waals surface area contributed by atoms with Gasteiger partial charge in [-0.15, -0.1) is 0 Å². The van der Waals surface area contributed by atoms with Crippen molar-refractivity contribution < 1.29 is 9.90 Å². The molecule has 82 valence electrons. The number of nitrogens with zero attached hydrogens (tertiary/aromatic N) is 3. The minimum atomic E-state index is -0.867. The van der Waals surface area contributed by atoms with E-state index in [1.54, 1.807) is 11.1 Å². The minimum absolute atomic E-state index is 0.0521.